The van der Waals surface area contributed by atoms with Gasteiger partial charge in [0, 0.05) is 21.4 Å². The Morgan fingerprint density at radius 3 is 2.19 bits per heavy atom. The van der Waals surface area contributed by atoms with Crippen molar-refractivity contribution in [2.24, 2.45) is 0 Å². The maximum Gasteiger partial charge on any atom is 0.270 e. The lowest BCUT2D eigenvalue weighted by Crippen LogP contribution is -2.54. The van der Waals surface area contributed by atoms with Crippen molar-refractivity contribution in [3.8, 4) is 23.3 Å². The molecule has 0 atom stereocenters. The van der Waals surface area contributed by atoms with E-state index < -0.39 is 11.8 Å². The predicted octanol–water partition coefficient (Wildman–Crippen LogP) is 5.77. The summed E-state index contributed by atoms with van der Waals surface area (Å²) in [7, 11) is 0. The van der Waals surface area contributed by atoms with Crippen LogP contribution in [0.5, 0.6) is 11.5 Å². The normalized spacial score (nSPS) is 14.3. The number of thiocarbonyl (C=S) groups is 1. The zero-order valence-electron chi connectivity index (χ0n) is 18.8. The van der Waals surface area contributed by atoms with Crippen molar-refractivity contribution in [3.05, 3.63) is 118 Å². The second-order valence-electron chi connectivity index (χ2n) is 7.72. The summed E-state index contributed by atoms with van der Waals surface area (Å²) in [5.74, 6) is 6.50. The highest BCUT2D eigenvalue weighted by atomic mass is 32.1. The molecule has 1 aliphatic heterocycles. The van der Waals surface area contributed by atoms with E-state index >= 15 is 0 Å². The van der Waals surface area contributed by atoms with E-state index in [4.69, 9.17) is 17.0 Å². The molecule has 0 radical (unpaired) electrons. The molecule has 3 aromatic carbocycles. The molecule has 5 rings (SSSR count). The second kappa shape index (κ2) is 10.4. The highest BCUT2D eigenvalue weighted by Gasteiger charge is 2.34. The largest absolute Gasteiger partial charge is 0.457 e. The minimum Gasteiger partial charge on any atom is -0.457 e. The number of carbonyl (C=O) groups is 2. The van der Waals surface area contributed by atoms with Crippen molar-refractivity contribution in [1.29, 1.82) is 0 Å². The van der Waals surface area contributed by atoms with Gasteiger partial charge in [0.05, 0.1) is 5.69 Å². The van der Waals surface area contributed by atoms with E-state index in [-0.39, 0.29) is 10.7 Å². The van der Waals surface area contributed by atoms with Crippen LogP contribution < -0.4 is 15.0 Å². The molecule has 0 saturated carbocycles. The molecule has 0 spiro atoms. The lowest BCUT2D eigenvalue weighted by Gasteiger charge is -2.28. The molecule has 1 aromatic heterocycles. The number of amides is 2. The predicted molar refractivity (Wildman–Crippen MR) is 146 cm³/mol. The van der Waals surface area contributed by atoms with Gasteiger partial charge in [-0.25, -0.2) is 0 Å². The highest BCUT2D eigenvalue weighted by Crippen LogP contribution is 2.27. The summed E-state index contributed by atoms with van der Waals surface area (Å²) in [5, 5.41) is 4.53. The molecule has 36 heavy (non-hydrogen) atoms. The molecule has 0 unspecified atom stereocenters. The molecule has 7 heteroatoms. The molecule has 1 N–H and O–H groups in total. The number of ether oxygens (including phenoxy) is 1. The van der Waals surface area contributed by atoms with Crippen LogP contribution in [-0.2, 0) is 9.59 Å². The zero-order valence-corrected chi connectivity index (χ0v) is 20.4. The molecular formula is C29H18N2O3S2. The van der Waals surface area contributed by atoms with Crippen molar-refractivity contribution in [1.82, 2.24) is 5.32 Å². The average Bonchev–Trinajstić information content (AvgIpc) is 3.35. The first-order chi connectivity index (χ1) is 17.6. The molecule has 5 nitrogen and oxygen atoms in total. The van der Waals surface area contributed by atoms with Crippen molar-refractivity contribution in [2.45, 2.75) is 0 Å². The SMILES string of the molecule is O=C1NC(=S)N(c2ccc(Oc3ccccc3)cc2)C(=O)C1=Cc1cc(C#Cc2ccccc2)cs1. The minimum absolute atomic E-state index is 0.00219. The molecule has 4 aromatic rings. The number of para-hydroxylation sites is 1. The van der Waals surface area contributed by atoms with Crippen molar-refractivity contribution in [3.63, 3.8) is 0 Å². The van der Waals surface area contributed by atoms with Crippen molar-refractivity contribution < 1.29 is 14.3 Å². The molecule has 1 fully saturated rings. The van der Waals surface area contributed by atoms with Gasteiger partial charge < -0.3 is 4.74 Å². The van der Waals surface area contributed by atoms with E-state index in [1.807, 2.05) is 72.1 Å². The highest BCUT2D eigenvalue weighted by molar-refractivity contribution is 7.80. The average molecular weight is 507 g/mol. The fraction of sp³-hybridized carbons (Fsp3) is 0. The maximum absolute atomic E-state index is 13.3. The van der Waals surface area contributed by atoms with E-state index in [1.54, 1.807) is 30.3 Å². The fourth-order valence-electron chi connectivity index (χ4n) is 3.48. The number of thiophene rings is 1. The monoisotopic (exact) mass is 506 g/mol. The fourth-order valence-corrected chi connectivity index (χ4v) is 4.53. The number of hydrogen-bond acceptors (Lipinski definition) is 5. The minimum atomic E-state index is -0.532. The first kappa shape index (κ1) is 23.2. The first-order valence-corrected chi connectivity index (χ1v) is 12.3. The molecule has 174 valence electrons. The summed E-state index contributed by atoms with van der Waals surface area (Å²) in [6, 6.07) is 27.8. The molecule has 0 aliphatic carbocycles. The Morgan fingerprint density at radius 1 is 0.833 bits per heavy atom. The van der Waals surface area contributed by atoms with Crippen molar-refractivity contribution >= 4 is 52.2 Å². The first-order valence-electron chi connectivity index (χ1n) is 11.0. The zero-order chi connectivity index (χ0) is 24.9. The van der Waals surface area contributed by atoms with Crippen LogP contribution in [0.1, 0.15) is 16.0 Å². The number of rotatable bonds is 4. The van der Waals surface area contributed by atoms with E-state index in [0.717, 1.165) is 16.0 Å². The van der Waals surface area contributed by atoms with Gasteiger partial charge in [-0.15, -0.1) is 11.3 Å². The Balaban J connectivity index is 1.36. The number of carbonyl (C=O) groups excluding carboxylic acids is 2. The molecule has 2 heterocycles. The van der Waals surface area contributed by atoms with Gasteiger partial charge in [0.1, 0.15) is 17.1 Å². The van der Waals surface area contributed by atoms with Crippen molar-refractivity contribution in [2.75, 3.05) is 4.90 Å². The summed E-state index contributed by atoms with van der Waals surface area (Å²) < 4.78 is 5.81. The quantitative estimate of drug-likeness (QED) is 0.165. The third-order valence-electron chi connectivity index (χ3n) is 5.21. The maximum atomic E-state index is 13.3. The van der Waals surface area contributed by atoms with Crippen LogP contribution in [-0.4, -0.2) is 16.9 Å². The topological polar surface area (TPSA) is 58.6 Å². The summed E-state index contributed by atoms with van der Waals surface area (Å²) in [5.41, 5.74) is 2.24. The molecule has 1 aliphatic rings. The Morgan fingerprint density at radius 2 is 1.47 bits per heavy atom. The van der Waals surface area contributed by atoms with Gasteiger partial charge in [-0.1, -0.05) is 48.2 Å². The smallest absolute Gasteiger partial charge is 0.270 e. The van der Waals surface area contributed by atoms with Crippen LogP contribution in [0.3, 0.4) is 0 Å². The molecule has 2 amide bonds. The molecular weight excluding hydrogens is 488 g/mol. The number of anilines is 1. The van der Waals surface area contributed by atoms with Gasteiger partial charge in [-0.2, -0.15) is 0 Å². The van der Waals surface area contributed by atoms with Gasteiger partial charge in [0.25, 0.3) is 11.8 Å². The number of nitrogens with one attached hydrogen (secondary N) is 1. The van der Waals surface area contributed by atoms with Crippen LogP contribution in [0, 0.1) is 11.8 Å². The Kier molecular flexibility index (Phi) is 6.72. The van der Waals surface area contributed by atoms with E-state index in [2.05, 4.69) is 17.2 Å². The van der Waals surface area contributed by atoms with E-state index in [9.17, 15) is 9.59 Å². The Labute approximate surface area is 217 Å². The third-order valence-corrected chi connectivity index (χ3v) is 6.37. The Hall–Kier alpha value is -4.51. The van der Waals surface area contributed by atoms with Crippen LogP contribution in [0.25, 0.3) is 6.08 Å². The van der Waals surface area contributed by atoms with E-state index in [1.165, 1.54) is 16.2 Å². The van der Waals surface area contributed by atoms with Crippen LogP contribution >= 0.6 is 23.6 Å². The molecule has 0 bridgehead atoms. The number of benzene rings is 3. The summed E-state index contributed by atoms with van der Waals surface area (Å²) in [6.45, 7) is 0. The second-order valence-corrected chi connectivity index (χ2v) is 9.05. The summed E-state index contributed by atoms with van der Waals surface area (Å²) in [4.78, 5) is 28.0. The van der Waals surface area contributed by atoms with Crippen LogP contribution in [0.4, 0.5) is 5.69 Å². The lowest BCUT2D eigenvalue weighted by atomic mass is 10.1. The Bertz CT molecular complexity index is 1530. The van der Waals surface area contributed by atoms with Crippen LogP contribution in [0.2, 0.25) is 0 Å². The molecule has 1 saturated heterocycles. The van der Waals surface area contributed by atoms with Gasteiger partial charge in [0.2, 0.25) is 0 Å². The van der Waals surface area contributed by atoms with Gasteiger partial charge in [-0.3, -0.25) is 19.8 Å². The van der Waals surface area contributed by atoms with Gasteiger partial charge in [-0.05, 0) is 72.9 Å². The number of hydrogen-bond donors (Lipinski definition) is 1. The van der Waals surface area contributed by atoms with E-state index in [0.29, 0.717) is 17.2 Å². The van der Waals surface area contributed by atoms with Crippen LogP contribution in [0.15, 0.2) is 102 Å². The lowest BCUT2D eigenvalue weighted by molar-refractivity contribution is -0.122. The number of nitrogens with zero attached hydrogens (tertiary/aromatic N) is 1. The summed E-state index contributed by atoms with van der Waals surface area (Å²) >= 11 is 6.71. The standard InChI is InChI=1S/C29H18N2O3S2/c32-27-26(18-25-17-21(19-36-25)12-11-20-7-3-1-4-8-20)28(33)31(29(35)30-27)22-13-15-24(16-14-22)34-23-9-5-2-6-10-23/h1-10,13-19H,(H,30,32,35). The summed E-state index contributed by atoms with van der Waals surface area (Å²) in [6.07, 6.45) is 1.57. The third kappa shape index (κ3) is 5.26. The van der Waals surface area contributed by atoms with Gasteiger partial charge >= 0.3 is 0 Å². The van der Waals surface area contributed by atoms with Gasteiger partial charge in [0.15, 0.2) is 5.11 Å².